The number of aromatic nitrogens is 2. The molecule has 3 rings (SSSR count). The first-order valence-corrected chi connectivity index (χ1v) is 8.52. The molecule has 3 aromatic rings. The molecular weight excluding hydrogens is 347 g/mol. The Morgan fingerprint density at radius 2 is 1.63 bits per heavy atom. The van der Waals surface area contributed by atoms with Crippen molar-refractivity contribution in [3.05, 3.63) is 99.9 Å². The Kier molecular flexibility index (Phi) is 5.83. The molecule has 0 saturated heterocycles. The van der Waals surface area contributed by atoms with E-state index in [1.807, 2.05) is 48.2 Å². The lowest BCUT2D eigenvalue weighted by atomic mass is 10.0. The largest absolute Gasteiger partial charge is 0.285 e. The van der Waals surface area contributed by atoms with E-state index in [-0.39, 0.29) is 5.69 Å². The van der Waals surface area contributed by atoms with Crippen molar-refractivity contribution in [1.82, 2.24) is 14.9 Å². The molecule has 0 spiro atoms. The van der Waals surface area contributed by atoms with Gasteiger partial charge in [0.1, 0.15) is 5.82 Å². The molecule has 2 heterocycles. The second-order valence-corrected chi connectivity index (χ2v) is 6.18. The Hall–Kier alpha value is -3.19. The molecule has 1 aromatic carbocycles. The second-order valence-electron chi connectivity index (χ2n) is 6.18. The fourth-order valence-electron chi connectivity index (χ4n) is 2.95. The van der Waals surface area contributed by atoms with Crippen LogP contribution in [-0.2, 0) is 13.1 Å². The average molecular weight is 366 g/mol. The highest BCUT2D eigenvalue weighted by Crippen LogP contribution is 2.31. The number of halogens is 1. The fraction of sp³-hybridized carbons (Fsp3) is 0.200. The zero-order valence-electron chi connectivity index (χ0n) is 14.8. The van der Waals surface area contributed by atoms with Crippen molar-refractivity contribution in [2.45, 2.75) is 26.1 Å². The van der Waals surface area contributed by atoms with Crippen LogP contribution >= 0.6 is 0 Å². The van der Waals surface area contributed by atoms with Crippen LogP contribution in [0.1, 0.15) is 29.9 Å². The van der Waals surface area contributed by atoms with Crippen LogP contribution in [-0.4, -0.2) is 19.8 Å². The molecule has 0 radical (unpaired) electrons. The van der Waals surface area contributed by atoms with Crippen molar-refractivity contribution in [1.29, 1.82) is 0 Å². The number of nitro groups is 1. The Bertz CT molecular complexity index is 865. The fourth-order valence-corrected chi connectivity index (χ4v) is 2.95. The van der Waals surface area contributed by atoms with Gasteiger partial charge in [0.2, 0.25) is 0 Å². The van der Waals surface area contributed by atoms with Gasteiger partial charge in [0.05, 0.1) is 16.3 Å². The lowest BCUT2D eigenvalue weighted by molar-refractivity contribution is -0.386. The molecule has 6 nitrogen and oxygen atoms in total. The SMILES string of the molecule is CC(c1cc(F)ccc1[N+](=O)[O-])N(Cc1ccccn1)Cc1ccccn1. The predicted octanol–water partition coefficient (Wildman–Crippen LogP) is 4.29. The number of hydrogen-bond donors (Lipinski definition) is 0. The first kappa shape index (κ1) is 18.6. The quantitative estimate of drug-likeness (QED) is 0.461. The molecule has 2 aromatic heterocycles. The summed E-state index contributed by atoms with van der Waals surface area (Å²) in [7, 11) is 0. The van der Waals surface area contributed by atoms with Crippen molar-refractivity contribution in [3.8, 4) is 0 Å². The summed E-state index contributed by atoms with van der Waals surface area (Å²) < 4.78 is 13.8. The summed E-state index contributed by atoms with van der Waals surface area (Å²) in [5, 5.41) is 11.4. The Labute approximate surface area is 156 Å². The van der Waals surface area contributed by atoms with Gasteiger partial charge in [-0.15, -0.1) is 0 Å². The predicted molar refractivity (Wildman–Crippen MR) is 99.2 cm³/mol. The van der Waals surface area contributed by atoms with Gasteiger partial charge in [-0.3, -0.25) is 25.0 Å². The van der Waals surface area contributed by atoms with Crippen LogP contribution in [0.4, 0.5) is 10.1 Å². The van der Waals surface area contributed by atoms with Crippen molar-refractivity contribution >= 4 is 5.69 Å². The zero-order valence-corrected chi connectivity index (χ0v) is 14.8. The van der Waals surface area contributed by atoms with E-state index in [4.69, 9.17) is 0 Å². The van der Waals surface area contributed by atoms with Gasteiger partial charge in [0, 0.05) is 43.2 Å². The summed E-state index contributed by atoms with van der Waals surface area (Å²) in [5.74, 6) is -0.502. The van der Waals surface area contributed by atoms with Crippen molar-refractivity contribution in [3.63, 3.8) is 0 Å². The van der Waals surface area contributed by atoms with Crippen molar-refractivity contribution in [2.75, 3.05) is 0 Å². The second kappa shape index (κ2) is 8.46. The van der Waals surface area contributed by atoms with Gasteiger partial charge in [-0.1, -0.05) is 12.1 Å². The zero-order chi connectivity index (χ0) is 19.2. The minimum atomic E-state index is -0.502. The number of rotatable bonds is 7. The lowest BCUT2D eigenvalue weighted by Crippen LogP contribution is -2.27. The topological polar surface area (TPSA) is 72.2 Å². The van der Waals surface area contributed by atoms with Crippen molar-refractivity contribution < 1.29 is 9.31 Å². The molecule has 0 aliphatic rings. The van der Waals surface area contributed by atoms with Crippen LogP contribution in [0.3, 0.4) is 0 Å². The molecule has 7 heteroatoms. The van der Waals surface area contributed by atoms with Gasteiger partial charge in [-0.2, -0.15) is 0 Å². The third-order valence-electron chi connectivity index (χ3n) is 4.37. The molecule has 138 valence electrons. The van der Waals surface area contributed by atoms with Gasteiger partial charge < -0.3 is 0 Å². The molecule has 0 N–H and O–H groups in total. The molecule has 1 atom stereocenters. The molecule has 0 amide bonds. The van der Waals surface area contributed by atoms with Crippen LogP contribution in [0.25, 0.3) is 0 Å². The smallest absolute Gasteiger partial charge is 0.274 e. The van der Waals surface area contributed by atoms with Crippen LogP contribution < -0.4 is 0 Å². The Morgan fingerprint density at radius 1 is 1.04 bits per heavy atom. The Morgan fingerprint density at radius 3 is 2.11 bits per heavy atom. The van der Waals surface area contributed by atoms with Crippen LogP contribution in [0.15, 0.2) is 67.0 Å². The normalized spacial score (nSPS) is 12.1. The van der Waals surface area contributed by atoms with Gasteiger partial charge in [-0.05, 0) is 43.3 Å². The summed E-state index contributed by atoms with van der Waals surface area (Å²) in [5.41, 5.74) is 1.86. The number of benzene rings is 1. The monoisotopic (exact) mass is 366 g/mol. The maximum Gasteiger partial charge on any atom is 0.274 e. The highest BCUT2D eigenvalue weighted by Gasteiger charge is 2.25. The number of hydrogen-bond acceptors (Lipinski definition) is 5. The first-order valence-electron chi connectivity index (χ1n) is 8.52. The molecule has 0 aliphatic carbocycles. The van der Waals surface area contributed by atoms with E-state index in [0.717, 1.165) is 17.5 Å². The van der Waals surface area contributed by atoms with E-state index in [1.165, 1.54) is 12.1 Å². The van der Waals surface area contributed by atoms with Gasteiger partial charge in [0.25, 0.3) is 5.69 Å². The van der Waals surface area contributed by atoms with Crippen LogP contribution in [0.5, 0.6) is 0 Å². The summed E-state index contributed by atoms with van der Waals surface area (Å²) >= 11 is 0. The van der Waals surface area contributed by atoms with E-state index in [0.29, 0.717) is 18.7 Å². The minimum Gasteiger partial charge on any atom is -0.285 e. The number of pyridine rings is 2. The summed E-state index contributed by atoms with van der Waals surface area (Å²) in [6, 6.07) is 14.3. The summed E-state index contributed by atoms with van der Waals surface area (Å²) in [6.07, 6.45) is 3.40. The van der Waals surface area contributed by atoms with Crippen LogP contribution in [0, 0.1) is 15.9 Å². The standard InChI is InChI=1S/C20H19FN4O2/c1-15(19-12-16(21)8-9-20(19)25(26)27)24(13-17-6-2-4-10-22-17)14-18-7-3-5-11-23-18/h2-12,15H,13-14H2,1H3. The molecule has 0 aliphatic heterocycles. The third-order valence-corrected chi connectivity index (χ3v) is 4.37. The first-order chi connectivity index (χ1) is 13.0. The van der Waals surface area contributed by atoms with E-state index < -0.39 is 16.8 Å². The molecule has 1 unspecified atom stereocenters. The van der Waals surface area contributed by atoms with Crippen LogP contribution in [0.2, 0.25) is 0 Å². The van der Waals surface area contributed by atoms with E-state index in [9.17, 15) is 14.5 Å². The maximum atomic E-state index is 13.8. The summed E-state index contributed by atoms with van der Waals surface area (Å²) in [4.78, 5) is 21.6. The van der Waals surface area contributed by atoms with Gasteiger partial charge in [-0.25, -0.2) is 4.39 Å². The number of nitro benzene ring substituents is 1. The van der Waals surface area contributed by atoms with E-state index in [2.05, 4.69) is 9.97 Å². The van der Waals surface area contributed by atoms with Gasteiger partial charge >= 0.3 is 0 Å². The Balaban J connectivity index is 1.96. The van der Waals surface area contributed by atoms with E-state index in [1.54, 1.807) is 12.4 Å². The summed E-state index contributed by atoms with van der Waals surface area (Å²) in [6.45, 7) is 2.73. The molecule has 27 heavy (non-hydrogen) atoms. The minimum absolute atomic E-state index is 0.101. The lowest BCUT2D eigenvalue weighted by Gasteiger charge is -2.28. The highest BCUT2D eigenvalue weighted by molar-refractivity contribution is 5.42. The van der Waals surface area contributed by atoms with Gasteiger partial charge in [0.15, 0.2) is 0 Å². The van der Waals surface area contributed by atoms with Crippen molar-refractivity contribution in [2.24, 2.45) is 0 Å². The molecule has 0 fully saturated rings. The molecule has 0 saturated carbocycles. The highest BCUT2D eigenvalue weighted by atomic mass is 19.1. The molecular formula is C20H19FN4O2. The maximum absolute atomic E-state index is 13.8. The molecule has 0 bridgehead atoms. The number of nitrogens with zero attached hydrogens (tertiary/aromatic N) is 4. The van der Waals surface area contributed by atoms with E-state index >= 15 is 0 Å². The average Bonchev–Trinajstić information content (AvgIpc) is 2.68. The third kappa shape index (κ3) is 4.71.